The second-order valence-electron chi connectivity index (χ2n) is 5.07. The summed E-state index contributed by atoms with van der Waals surface area (Å²) in [6.45, 7) is 1.44. The van der Waals surface area contributed by atoms with Crippen molar-refractivity contribution in [1.82, 2.24) is 4.31 Å². The molecule has 1 aliphatic heterocycles. The van der Waals surface area contributed by atoms with Crippen molar-refractivity contribution in [1.29, 1.82) is 0 Å². The molecule has 1 aliphatic rings. The molecule has 0 atom stereocenters. The molecule has 6 nitrogen and oxygen atoms in total. The highest BCUT2D eigenvalue weighted by molar-refractivity contribution is 7.89. The van der Waals surface area contributed by atoms with Crippen LogP contribution in [0.3, 0.4) is 0 Å². The van der Waals surface area contributed by atoms with E-state index in [0.717, 1.165) is 12.8 Å². The number of methoxy groups -OCH3 is 1. The summed E-state index contributed by atoms with van der Waals surface area (Å²) >= 11 is 0. The molecule has 1 aromatic rings. The predicted molar refractivity (Wildman–Crippen MR) is 85.6 cm³/mol. The van der Waals surface area contributed by atoms with Gasteiger partial charge in [-0.05, 0) is 37.4 Å². The van der Waals surface area contributed by atoms with Crippen LogP contribution in [0.1, 0.15) is 23.2 Å². The number of hydrogen-bond acceptors (Lipinski definition) is 5. The lowest BCUT2D eigenvalue weighted by molar-refractivity contribution is 0.0596. The van der Waals surface area contributed by atoms with Crippen molar-refractivity contribution < 1.29 is 17.9 Å². The number of hydrogen-bond donors (Lipinski definition) is 1. The van der Waals surface area contributed by atoms with Crippen LogP contribution in [-0.4, -0.2) is 45.4 Å². The molecule has 0 bridgehead atoms. The zero-order valence-electron chi connectivity index (χ0n) is 12.4. The Bertz CT molecular complexity index is 613. The third kappa shape index (κ3) is 3.78. The number of halogens is 1. The molecule has 0 aromatic heterocycles. The number of sulfonamides is 1. The molecule has 2 N–H and O–H groups in total. The highest BCUT2D eigenvalue weighted by Gasteiger charge is 2.31. The maximum absolute atomic E-state index is 12.7. The zero-order valence-corrected chi connectivity index (χ0v) is 14.0. The van der Waals surface area contributed by atoms with E-state index in [9.17, 15) is 13.2 Å². The van der Waals surface area contributed by atoms with Gasteiger partial charge in [0.2, 0.25) is 10.0 Å². The quantitative estimate of drug-likeness (QED) is 0.827. The van der Waals surface area contributed by atoms with E-state index in [0.29, 0.717) is 25.6 Å². The van der Waals surface area contributed by atoms with Gasteiger partial charge >= 0.3 is 5.97 Å². The molecule has 8 heteroatoms. The predicted octanol–water partition coefficient (Wildman–Crippen LogP) is 1.25. The Balaban J connectivity index is 0.00000242. The Morgan fingerprint density at radius 2 is 1.91 bits per heavy atom. The molecular formula is C14H21ClN2O4S. The molecule has 0 unspecified atom stereocenters. The average Bonchev–Trinajstić information content (AvgIpc) is 2.54. The third-order valence-corrected chi connectivity index (χ3v) is 5.77. The SMILES string of the molecule is COC(=O)c1ccccc1S(=O)(=O)N1CCC(CN)CC1.Cl. The van der Waals surface area contributed by atoms with Gasteiger partial charge in [-0.1, -0.05) is 12.1 Å². The van der Waals surface area contributed by atoms with Gasteiger partial charge in [0.25, 0.3) is 0 Å². The van der Waals surface area contributed by atoms with Crippen LogP contribution >= 0.6 is 12.4 Å². The largest absolute Gasteiger partial charge is 0.465 e. The molecular weight excluding hydrogens is 328 g/mol. The summed E-state index contributed by atoms with van der Waals surface area (Å²) in [5.74, 6) is -0.279. The summed E-state index contributed by atoms with van der Waals surface area (Å²) in [6.07, 6.45) is 1.49. The summed E-state index contributed by atoms with van der Waals surface area (Å²) < 4.78 is 31.5. The van der Waals surface area contributed by atoms with Gasteiger partial charge in [0.15, 0.2) is 0 Å². The summed E-state index contributed by atoms with van der Waals surface area (Å²) in [5.41, 5.74) is 5.69. The lowest BCUT2D eigenvalue weighted by Gasteiger charge is -2.30. The molecule has 0 spiro atoms. The van der Waals surface area contributed by atoms with Crippen LogP contribution in [0.15, 0.2) is 29.2 Å². The maximum atomic E-state index is 12.7. The topological polar surface area (TPSA) is 89.7 Å². The third-order valence-electron chi connectivity index (χ3n) is 3.82. The summed E-state index contributed by atoms with van der Waals surface area (Å²) in [7, 11) is -2.45. The molecule has 124 valence electrons. The molecule has 2 rings (SSSR count). The Morgan fingerprint density at radius 1 is 1.32 bits per heavy atom. The number of carbonyl (C=O) groups is 1. The second kappa shape index (κ2) is 7.92. The number of nitrogens with two attached hydrogens (primary N) is 1. The van der Waals surface area contributed by atoms with Gasteiger partial charge < -0.3 is 10.5 Å². The Hall–Kier alpha value is -1.15. The minimum absolute atomic E-state index is 0. The van der Waals surface area contributed by atoms with Gasteiger partial charge in [0.05, 0.1) is 17.6 Å². The fourth-order valence-electron chi connectivity index (χ4n) is 2.49. The van der Waals surface area contributed by atoms with Crippen LogP contribution < -0.4 is 5.73 Å². The van der Waals surface area contributed by atoms with E-state index < -0.39 is 16.0 Å². The van der Waals surface area contributed by atoms with Gasteiger partial charge in [-0.15, -0.1) is 12.4 Å². The molecule has 0 radical (unpaired) electrons. The standard InChI is InChI=1S/C14H20N2O4S.ClH/c1-20-14(17)12-4-2-3-5-13(12)21(18,19)16-8-6-11(10-15)7-9-16;/h2-5,11H,6-10,15H2,1H3;1H. The molecule has 0 amide bonds. The molecule has 1 aromatic carbocycles. The van der Waals surface area contributed by atoms with Crippen LogP contribution in [0.5, 0.6) is 0 Å². The molecule has 0 aliphatic carbocycles. The molecule has 0 saturated carbocycles. The number of benzene rings is 1. The van der Waals surface area contributed by atoms with E-state index in [-0.39, 0.29) is 22.9 Å². The number of carbonyl (C=O) groups excluding carboxylic acids is 1. The van der Waals surface area contributed by atoms with Crippen LogP contribution in [0.25, 0.3) is 0 Å². The fourth-order valence-corrected chi connectivity index (χ4v) is 4.14. The monoisotopic (exact) mass is 348 g/mol. The lowest BCUT2D eigenvalue weighted by atomic mass is 9.99. The van der Waals surface area contributed by atoms with Crippen molar-refractivity contribution in [3.05, 3.63) is 29.8 Å². The first-order valence-corrected chi connectivity index (χ1v) is 8.32. The molecule has 1 saturated heterocycles. The fraction of sp³-hybridized carbons (Fsp3) is 0.500. The molecule has 1 heterocycles. The van der Waals surface area contributed by atoms with Crippen molar-refractivity contribution in [3.63, 3.8) is 0 Å². The normalized spacial score (nSPS) is 16.8. The minimum Gasteiger partial charge on any atom is -0.465 e. The average molecular weight is 349 g/mol. The number of nitrogens with zero attached hydrogens (tertiary/aromatic N) is 1. The number of esters is 1. The summed E-state index contributed by atoms with van der Waals surface area (Å²) in [5, 5.41) is 0. The number of piperidine rings is 1. The first-order valence-electron chi connectivity index (χ1n) is 6.88. The van der Waals surface area contributed by atoms with Crippen LogP contribution in [0, 0.1) is 5.92 Å². The van der Waals surface area contributed by atoms with Crippen molar-refractivity contribution in [2.24, 2.45) is 11.7 Å². The number of ether oxygens (including phenoxy) is 1. The summed E-state index contributed by atoms with van der Waals surface area (Å²) in [4.78, 5) is 11.7. The van der Waals surface area contributed by atoms with Gasteiger partial charge in [-0.2, -0.15) is 4.31 Å². The van der Waals surface area contributed by atoms with E-state index in [4.69, 9.17) is 5.73 Å². The Morgan fingerprint density at radius 3 is 2.45 bits per heavy atom. The Kier molecular flexibility index (Phi) is 6.80. The van der Waals surface area contributed by atoms with Gasteiger partial charge in [0.1, 0.15) is 0 Å². The van der Waals surface area contributed by atoms with Crippen LogP contribution in [-0.2, 0) is 14.8 Å². The van der Waals surface area contributed by atoms with E-state index in [1.807, 2.05) is 0 Å². The van der Waals surface area contributed by atoms with E-state index in [2.05, 4.69) is 4.74 Å². The number of rotatable bonds is 4. The van der Waals surface area contributed by atoms with Gasteiger partial charge in [0, 0.05) is 13.1 Å². The summed E-state index contributed by atoms with van der Waals surface area (Å²) in [6, 6.07) is 6.12. The van der Waals surface area contributed by atoms with E-state index >= 15 is 0 Å². The highest BCUT2D eigenvalue weighted by Crippen LogP contribution is 2.25. The second-order valence-corrected chi connectivity index (χ2v) is 6.98. The van der Waals surface area contributed by atoms with Gasteiger partial charge in [-0.3, -0.25) is 0 Å². The highest BCUT2D eigenvalue weighted by atomic mass is 35.5. The van der Waals surface area contributed by atoms with Crippen molar-refractivity contribution in [2.45, 2.75) is 17.7 Å². The van der Waals surface area contributed by atoms with Crippen molar-refractivity contribution in [2.75, 3.05) is 26.7 Å². The van der Waals surface area contributed by atoms with Crippen LogP contribution in [0.2, 0.25) is 0 Å². The Labute approximate surface area is 137 Å². The van der Waals surface area contributed by atoms with Crippen LogP contribution in [0.4, 0.5) is 0 Å². The zero-order chi connectivity index (χ0) is 15.5. The van der Waals surface area contributed by atoms with Gasteiger partial charge in [-0.25, -0.2) is 13.2 Å². The van der Waals surface area contributed by atoms with Crippen molar-refractivity contribution in [3.8, 4) is 0 Å². The smallest absolute Gasteiger partial charge is 0.339 e. The van der Waals surface area contributed by atoms with E-state index in [1.54, 1.807) is 12.1 Å². The lowest BCUT2D eigenvalue weighted by Crippen LogP contribution is -2.40. The first kappa shape index (κ1) is 18.9. The minimum atomic E-state index is -3.69. The molecule has 22 heavy (non-hydrogen) atoms. The van der Waals surface area contributed by atoms with E-state index in [1.165, 1.54) is 23.5 Å². The first-order chi connectivity index (χ1) is 10.0. The van der Waals surface area contributed by atoms with Crippen molar-refractivity contribution >= 4 is 28.4 Å². The molecule has 1 fully saturated rings. The maximum Gasteiger partial charge on any atom is 0.339 e.